The van der Waals surface area contributed by atoms with E-state index in [1.54, 1.807) is 0 Å². The quantitative estimate of drug-likeness (QED) is 0.482. The second-order valence-corrected chi connectivity index (χ2v) is 4.57. The van der Waals surface area contributed by atoms with Gasteiger partial charge in [-0.2, -0.15) is 0 Å². The first-order valence-corrected chi connectivity index (χ1v) is 6.26. The summed E-state index contributed by atoms with van der Waals surface area (Å²) in [5.74, 6) is -1.99. The lowest BCUT2D eigenvalue weighted by atomic mass is 10.1. The maximum atomic E-state index is 13.7. The van der Waals surface area contributed by atoms with Crippen molar-refractivity contribution in [2.24, 2.45) is 0 Å². The SMILES string of the molecule is COC(=O)c1cc(OC2CCCC2)c([N+](=O)[O-])cc1F. The van der Waals surface area contributed by atoms with Gasteiger partial charge in [-0.25, -0.2) is 9.18 Å². The monoisotopic (exact) mass is 283 g/mol. The Balaban J connectivity index is 2.39. The Morgan fingerprint density at radius 3 is 2.60 bits per heavy atom. The third-order valence-corrected chi connectivity index (χ3v) is 3.25. The van der Waals surface area contributed by atoms with Crippen molar-refractivity contribution in [3.05, 3.63) is 33.6 Å². The molecule has 0 radical (unpaired) electrons. The predicted octanol–water partition coefficient (Wildman–Crippen LogP) is 2.84. The zero-order valence-electron chi connectivity index (χ0n) is 10.9. The molecule has 20 heavy (non-hydrogen) atoms. The Kier molecular flexibility index (Phi) is 4.16. The third-order valence-electron chi connectivity index (χ3n) is 3.25. The van der Waals surface area contributed by atoms with Crippen LogP contribution in [0.2, 0.25) is 0 Å². The van der Waals surface area contributed by atoms with Crippen LogP contribution in [0.1, 0.15) is 36.0 Å². The standard InChI is InChI=1S/C13H14FNO5/c1-19-13(16)9-6-12(20-8-4-2-3-5-8)11(15(17)18)7-10(9)14/h6-8H,2-5H2,1H3. The lowest BCUT2D eigenvalue weighted by Crippen LogP contribution is -2.14. The Hall–Kier alpha value is -2.18. The second-order valence-electron chi connectivity index (χ2n) is 4.57. The van der Waals surface area contributed by atoms with Crippen LogP contribution in [-0.4, -0.2) is 24.1 Å². The normalized spacial score (nSPS) is 15.1. The molecule has 1 aliphatic carbocycles. The topological polar surface area (TPSA) is 78.7 Å². The molecule has 0 N–H and O–H groups in total. The molecule has 0 bridgehead atoms. The summed E-state index contributed by atoms with van der Waals surface area (Å²) in [7, 11) is 1.11. The number of ether oxygens (including phenoxy) is 2. The largest absolute Gasteiger partial charge is 0.483 e. The highest BCUT2D eigenvalue weighted by atomic mass is 19.1. The summed E-state index contributed by atoms with van der Waals surface area (Å²) in [6.07, 6.45) is 3.43. The Morgan fingerprint density at radius 1 is 1.40 bits per heavy atom. The molecule has 0 amide bonds. The molecule has 2 rings (SSSR count). The zero-order chi connectivity index (χ0) is 14.7. The smallest absolute Gasteiger partial charge is 0.340 e. The van der Waals surface area contributed by atoms with Crippen molar-refractivity contribution < 1.29 is 23.6 Å². The number of nitro benzene ring substituents is 1. The molecule has 1 aliphatic rings. The van der Waals surface area contributed by atoms with E-state index in [1.807, 2.05) is 0 Å². The number of nitrogens with zero attached hydrogens (tertiary/aromatic N) is 1. The predicted molar refractivity (Wildman–Crippen MR) is 67.3 cm³/mol. The van der Waals surface area contributed by atoms with Crippen molar-refractivity contribution in [1.29, 1.82) is 0 Å². The lowest BCUT2D eigenvalue weighted by Gasteiger charge is -2.14. The molecule has 0 saturated heterocycles. The van der Waals surface area contributed by atoms with Crippen LogP contribution in [0, 0.1) is 15.9 Å². The van der Waals surface area contributed by atoms with Gasteiger partial charge in [0.1, 0.15) is 5.82 Å². The van der Waals surface area contributed by atoms with E-state index in [0.717, 1.165) is 38.9 Å². The van der Waals surface area contributed by atoms with Gasteiger partial charge in [0.2, 0.25) is 0 Å². The fourth-order valence-corrected chi connectivity index (χ4v) is 2.23. The van der Waals surface area contributed by atoms with Gasteiger partial charge in [-0.1, -0.05) is 0 Å². The molecule has 0 unspecified atom stereocenters. The van der Waals surface area contributed by atoms with Crippen LogP contribution in [0.5, 0.6) is 5.75 Å². The average molecular weight is 283 g/mol. The minimum absolute atomic E-state index is 0.0938. The Bertz CT molecular complexity index is 540. The third kappa shape index (κ3) is 2.87. The number of carbonyl (C=O) groups is 1. The number of hydrogen-bond donors (Lipinski definition) is 0. The van der Waals surface area contributed by atoms with Gasteiger partial charge in [0.25, 0.3) is 0 Å². The molecule has 0 atom stereocenters. The highest BCUT2D eigenvalue weighted by Gasteiger charge is 2.26. The molecular weight excluding hydrogens is 269 g/mol. The van der Waals surface area contributed by atoms with E-state index in [9.17, 15) is 19.3 Å². The second kappa shape index (κ2) is 5.85. The number of hydrogen-bond acceptors (Lipinski definition) is 5. The summed E-state index contributed by atoms with van der Waals surface area (Å²) in [5, 5.41) is 10.9. The molecular formula is C13H14FNO5. The first-order valence-electron chi connectivity index (χ1n) is 6.26. The number of carbonyl (C=O) groups excluding carboxylic acids is 1. The van der Waals surface area contributed by atoms with E-state index < -0.39 is 22.4 Å². The van der Waals surface area contributed by atoms with Crippen molar-refractivity contribution in [2.75, 3.05) is 7.11 Å². The average Bonchev–Trinajstić information content (AvgIpc) is 2.92. The van der Waals surface area contributed by atoms with Gasteiger partial charge >= 0.3 is 11.7 Å². The molecule has 6 nitrogen and oxygen atoms in total. The van der Waals surface area contributed by atoms with Gasteiger partial charge in [-0.15, -0.1) is 0 Å². The molecule has 0 aliphatic heterocycles. The van der Waals surface area contributed by atoms with E-state index in [2.05, 4.69) is 4.74 Å². The van der Waals surface area contributed by atoms with Crippen LogP contribution in [0.4, 0.5) is 10.1 Å². The Labute approximate surface area is 114 Å². The van der Waals surface area contributed by atoms with Crippen LogP contribution in [0.15, 0.2) is 12.1 Å². The van der Waals surface area contributed by atoms with E-state index in [4.69, 9.17) is 4.74 Å². The van der Waals surface area contributed by atoms with Crippen molar-refractivity contribution >= 4 is 11.7 Å². The van der Waals surface area contributed by atoms with Gasteiger partial charge < -0.3 is 9.47 Å². The van der Waals surface area contributed by atoms with Crippen molar-refractivity contribution in [3.8, 4) is 5.75 Å². The summed E-state index contributed by atoms with van der Waals surface area (Å²) in [4.78, 5) is 21.6. The lowest BCUT2D eigenvalue weighted by molar-refractivity contribution is -0.386. The van der Waals surface area contributed by atoms with Crippen molar-refractivity contribution in [3.63, 3.8) is 0 Å². The molecule has 1 aromatic rings. The number of nitro groups is 1. The minimum Gasteiger partial charge on any atom is -0.483 e. The van der Waals surface area contributed by atoms with Gasteiger partial charge in [0, 0.05) is 6.07 Å². The summed E-state index contributed by atoms with van der Waals surface area (Å²) in [6, 6.07) is 1.73. The summed E-state index contributed by atoms with van der Waals surface area (Å²) >= 11 is 0. The molecule has 0 spiro atoms. The molecule has 7 heteroatoms. The number of esters is 1. The highest BCUT2D eigenvalue weighted by molar-refractivity contribution is 5.90. The minimum atomic E-state index is -0.998. The molecule has 0 aromatic heterocycles. The highest BCUT2D eigenvalue weighted by Crippen LogP contribution is 2.33. The van der Waals surface area contributed by atoms with E-state index >= 15 is 0 Å². The Morgan fingerprint density at radius 2 is 2.05 bits per heavy atom. The summed E-state index contributed by atoms with van der Waals surface area (Å²) in [6.45, 7) is 0. The number of methoxy groups -OCH3 is 1. The van der Waals surface area contributed by atoms with Crippen LogP contribution >= 0.6 is 0 Å². The fourth-order valence-electron chi connectivity index (χ4n) is 2.23. The molecule has 108 valence electrons. The van der Waals surface area contributed by atoms with E-state index in [0.29, 0.717) is 6.07 Å². The summed E-state index contributed by atoms with van der Waals surface area (Å²) in [5.41, 5.74) is -0.854. The number of benzene rings is 1. The van der Waals surface area contributed by atoms with Gasteiger partial charge in [0.15, 0.2) is 5.75 Å². The molecule has 1 fully saturated rings. The van der Waals surface area contributed by atoms with Crippen LogP contribution in [-0.2, 0) is 4.74 Å². The maximum absolute atomic E-state index is 13.7. The zero-order valence-corrected chi connectivity index (χ0v) is 10.9. The van der Waals surface area contributed by atoms with E-state index in [1.165, 1.54) is 0 Å². The number of rotatable bonds is 4. The summed E-state index contributed by atoms with van der Waals surface area (Å²) < 4.78 is 23.7. The van der Waals surface area contributed by atoms with Crippen LogP contribution < -0.4 is 4.74 Å². The van der Waals surface area contributed by atoms with Crippen LogP contribution in [0.3, 0.4) is 0 Å². The van der Waals surface area contributed by atoms with Gasteiger partial charge in [0.05, 0.1) is 29.8 Å². The van der Waals surface area contributed by atoms with E-state index in [-0.39, 0.29) is 17.4 Å². The maximum Gasteiger partial charge on any atom is 0.340 e. The first kappa shape index (κ1) is 14.2. The van der Waals surface area contributed by atoms with Crippen molar-refractivity contribution in [2.45, 2.75) is 31.8 Å². The first-order chi connectivity index (χ1) is 9.52. The number of halogens is 1. The van der Waals surface area contributed by atoms with Gasteiger partial charge in [-0.3, -0.25) is 10.1 Å². The van der Waals surface area contributed by atoms with Crippen LogP contribution in [0.25, 0.3) is 0 Å². The molecule has 0 heterocycles. The molecule has 1 saturated carbocycles. The van der Waals surface area contributed by atoms with Crippen molar-refractivity contribution in [1.82, 2.24) is 0 Å². The molecule has 1 aromatic carbocycles. The fraction of sp³-hybridized carbons (Fsp3) is 0.462. The van der Waals surface area contributed by atoms with Gasteiger partial charge in [-0.05, 0) is 25.7 Å².